The lowest BCUT2D eigenvalue weighted by Crippen LogP contribution is -2.48. The Morgan fingerprint density at radius 1 is 1.05 bits per heavy atom. The molecule has 0 bridgehead atoms. The third-order valence-corrected chi connectivity index (χ3v) is 8.74. The van der Waals surface area contributed by atoms with Gasteiger partial charge < -0.3 is 24.8 Å². The van der Waals surface area contributed by atoms with Gasteiger partial charge in [0.2, 0.25) is 5.91 Å². The van der Waals surface area contributed by atoms with E-state index < -0.39 is 30.3 Å². The van der Waals surface area contributed by atoms with Crippen molar-refractivity contribution in [3.8, 4) is 0 Å². The number of rotatable bonds is 10. The van der Waals surface area contributed by atoms with Crippen molar-refractivity contribution in [3.63, 3.8) is 0 Å². The summed E-state index contributed by atoms with van der Waals surface area (Å²) in [5, 5.41) is 12.2. The first-order valence-electron chi connectivity index (χ1n) is 15.3. The highest BCUT2D eigenvalue weighted by Crippen LogP contribution is 2.39. The molecule has 1 aliphatic carbocycles. The number of carbonyl (C=O) groups is 2. The summed E-state index contributed by atoms with van der Waals surface area (Å²) < 4.78 is 52.2. The zero-order valence-corrected chi connectivity index (χ0v) is 24.7. The van der Waals surface area contributed by atoms with Crippen molar-refractivity contribution in [2.75, 3.05) is 25.0 Å². The maximum Gasteiger partial charge on any atom is 0.471 e. The molecule has 2 N–H and O–H groups in total. The van der Waals surface area contributed by atoms with E-state index in [1.54, 1.807) is 18.2 Å². The Balaban J connectivity index is 1.34. The number of nitrogens with zero attached hydrogens (tertiary/aromatic N) is 2. The maximum absolute atomic E-state index is 13.1. The lowest BCUT2D eigenvalue weighted by molar-refractivity contribution is -0.253. The molecule has 0 spiro atoms. The minimum Gasteiger partial charge on any atom is -0.392 e. The molecule has 0 radical (unpaired) electrons. The SMILES string of the molecule is C=CCN(C[C@@H]1C[C@H](c2ccc(CO)cc2)O[C@H](c2cccc(NC(=O)[C@@H]3CCCN3C(=O)C(F)(F)F)c2)O1)C1CCCC1. The number of alkyl halides is 3. The number of aliphatic hydroxyl groups is 1. The molecule has 11 heteroatoms. The molecule has 2 aliphatic heterocycles. The molecule has 2 saturated heterocycles. The Hall–Kier alpha value is -3.25. The van der Waals surface area contributed by atoms with E-state index in [-0.39, 0.29) is 31.8 Å². The summed E-state index contributed by atoms with van der Waals surface area (Å²) in [6.45, 7) is 5.23. The number of anilines is 1. The van der Waals surface area contributed by atoms with Gasteiger partial charge in [-0.15, -0.1) is 6.58 Å². The molecule has 0 unspecified atom stereocenters. The van der Waals surface area contributed by atoms with E-state index in [1.165, 1.54) is 12.8 Å². The monoisotopic (exact) mass is 615 g/mol. The summed E-state index contributed by atoms with van der Waals surface area (Å²) in [5.41, 5.74) is 2.77. The van der Waals surface area contributed by atoms with Crippen molar-refractivity contribution >= 4 is 17.5 Å². The van der Waals surface area contributed by atoms with Gasteiger partial charge in [0.05, 0.1) is 18.8 Å². The van der Waals surface area contributed by atoms with Crippen LogP contribution < -0.4 is 5.32 Å². The molecule has 2 aromatic carbocycles. The second-order valence-electron chi connectivity index (χ2n) is 11.8. The second kappa shape index (κ2) is 14.2. The number of likely N-dealkylation sites (tertiary alicyclic amines) is 1. The van der Waals surface area contributed by atoms with Gasteiger partial charge in [-0.25, -0.2) is 0 Å². The van der Waals surface area contributed by atoms with Crippen LogP contribution in [0.1, 0.15) is 74.0 Å². The fourth-order valence-corrected chi connectivity index (χ4v) is 6.54. The summed E-state index contributed by atoms with van der Waals surface area (Å²) in [6, 6.07) is 13.8. The van der Waals surface area contributed by atoms with Crippen LogP contribution in [-0.4, -0.2) is 70.7 Å². The minimum atomic E-state index is -5.04. The van der Waals surface area contributed by atoms with Gasteiger partial charge in [0.1, 0.15) is 6.04 Å². The van der Waals surface area contributed by atoms with Gasteiger partial charge in [-0.3, -0.25) is 14.5 Å². The zero-order chi connectivity index (χ0) is 31.3. The van der Waals surface area contributed by atoms with Crippen LogP contribution in [0.3, 0.4) is 0 Å². The molecule has 2 aromatic rings. The van der Waals surface area contributed by atoms with Gasteiger partial charge in [0, 0.05) is 43.3 Å². The molecule has 3 fully saturated rings. The summed E-state index contributed by atoms with van der Waals surface area (Å²) >= 11 is 0. The lowest BCUT2D eigenvalue weighted by Gasteiger charge is -2.39. The Labute approximate surface area is 255 Å². The van der Waals surface area contributed by atoms with Crippen LogP contribution in [0.5, 0.6) is 0 Å². The van der Waals surface area contributed by atoms with E-state index >= 15 is 0 Å². The summed E-state index contributed by atoms with van der Waals surface area (Å²) in [4.78, 5) is 27.9. The molecular weight excluding hydrogens is 575 g/mol. The average molecular weight is 616 g/mol. The summed E-state index contributed by atoms with van der Waals surface area (Å²) in [6.07, 6.45) is 1.43. The molecule has 2 amide bonds. The van der Waals surface area contributed by atoms with Gasteiger partial charge >= 0.3 is 12.1 Å². The third-order valence-electron chi connectivity index (χ3n) is 8.74. The fourth-order valence-electron chi connectivity index (χ4n) is 6.54. The van der Waals surface area contributed by atoms with Crippen LogP contribution in [-0.2, 0) is 25.7 Å². The first-order valence-corrected chi connectivity index (χ1v) is 15.3. The number of amides is 2. The van der Waals surface area contributed by atoms with E-state index in [9.17, 15) is 27.9 Å². The number of aliphatic hydroxyl groups excluding tert-OH is 1. The molecule has 5 rings (SSSR count). The van der Waals surface area contributed by atoms with Gasteiger partial charge in [0.25, 0.3) is 0 Å². The van der Waals surface area contributed by atoms with Crippen LogP contribution in [0.2, 0.25) is 0 Å². The Bertz CT molecular complexity index is 1300. The maximum atomic E-state index is 13.1. The first kappa shape index (κ1) is 32.2. The molecule has 1 saturated carbocycles. The van der Waals surface area contributed by atoms with Gasteiger partial charge in [-0.2, -0.15) is 13.2 Å². The Kier molecular flexibility index (Phi) is 10.4. The van der Waals surface area contributed by atoms with E-state index in [0.29, 0.717) is 41.6 Å². The predicted octanol–water partition coefficient (Wildman–Crippen LogP) is 5.65. The Morgan fingerprint density at radius 3 is 2.48 bits per heavy atom. The molecule has 2 heterocycles. The summed E-state index contributed by atoms with van der Waals surface area (Å²) in [7, 11) is 0. The average Bonchev–Trinajstić information content (AvgIpc) is 3.73. The van der Waals surface area contributed by atoms with E-state index in [2.05, 4.69) is 16.8 Å². The fraction of sp³-hybridized carbons (Fsp3) is 0.515. The van der Waals surface area contributed by atoms with Crippen molar-refractivity contribution in [1.29, 1.82) is 0 Å². The smallest absolute Gasteiger partial charge is 0.392 e. The largest absolute Gasteiger partial charge is 0.471 e. The Morgan fingerprint density at radius 2 is 1.80 bits per heavy atom. The molecule has 238 valence electrons. The molecule has 0 aromatic heterocycles. The van der Waals surface area contributed by atoms with Gasteiger partial charge in [-0.1, -0.05) is 55.3 Å². The van der Waals surface area contributed by atoms with Crippen LogP contribution in [0.25, 0.3) is 0 Å². The van der Waals surface area contributed by atoms with Gasteiger partial charge in [0.15, 0.2) is 6.29 Å². The molecule has 8 nitrogen and oxygen atoms in total. The van der Waals surface area contributed by atoms with E-state index in [1.807, 2.05) is 36.4 Å². The van der Waals surface area contributed by atoms with E-state index in [4.69, 9.17) is 9.47 Å². The van der Waals surface area contributed by atoms with Crippen molar-refractivity contribution in [2.24, 2.45) is 0 Å². The topological polar surface area (TPSA) is 91.3 Å². The molecule has 4 atom stereocenters. The minimum absolute atomic E-state index is 0.0560. The summed E-state index contributed by atoms with van der Waals surface area (Å²) in [5.74, 6) is -2.67. The number of hydrogen-bond acceptors (Lipinski definition) is 6. The quantitative estimate of drug-likeness (QED) is 0.336. The number of hydrogen-bond donors (Lipinski definition) is 2. The van der Waals surface area contributed by atoms with E-state index in [0.717, 1.165) is 30.5 Å². The standard InChI is InChI=1S/C33H40F3N3O5/c1-2-16-38(26-9-3-4-10-26)20-27-19-29(23-14-12-22(21-40)13-15-23)44-31(43-27)24-7-5-8-25(18-24)37-30(41)28-11-6-17-39(28)32(42)33(34,35)36/h2,5,7-8,12-15,18,26-29,31,40H,1,3-4,6,9-11,16-17,19-21H2,(H,37,41)/t27-,28-,29+,31+/m0/s1. The van der Waals surface area contributed by atoms with Crippen LogP contribution in [0.4, 0.5) is 18.9 Å². The van der Waals surface area contributed by atoms with Gasteiger partial charge in [-0.05, 0) is 48.9 Å². The number of nitrogens with one attached hydrogen (secondary N) is 1. The van der Waals surface area contributed by atoms with Crippen molar-refractivity contribution in [1.82, 2.24) is 9.80 Å². The second-order valence-corrected chi connectivity index (χ2v) is 11.8. The van der Waals surface area contributed by atoms with Crippen LogP contribution in [0.15, 0.2) is 61.2 Å². The highest BCUT2D eigenvalue weighted by atomic mass is 19.4. The van der Waals surface area contributed by atoms with Crippen molar-refractivity contribution < 1.29 is 37.3 Å². The number of carbonyl (C=O) groups excluding carboxylic acids is 2. The van der Waals surface area contributed by atoms with Crippen LogP contribution >= 0.6 is 0 Å². The third kappa shape index (κ3) is 7.69. The highest BCUT2D eigenvalue weighted by molar-refractivity contribution is 5.98. The van der Waals surface area contributed by atoms with Crippen molar-refractivity contribution in [3.05, 3.63) is 77.9 Å². The number of ether oxygens (including phenoxy) is 2. The normalized spacial score (nSPS) is 24.5. The number of benzene rings is 2. The predicted molar refractivity (Wildman–Crippen MR) is 158 cm³/mol. The zero-order valence-electron chi connectivity index (χ0n) is 24.7. The first-order chi connectivity index (χ1) is 21.2. The number of halogens is 3. The van der Waals surface area contributed by atoms with Crippen molar-refractivity contribution in [2.45, 2.75) is 88.3 Å². The molecular formula is C33H40F3N3O5. The molecule has 3 aliphatic rings. The molecule has 44 heavy (non-hydrogen) atoms. The highest BCUT2D eigenvalue weighted by Gasteiger charge is 2.47. The van der Waals surface area contributed by atoms with Crippen LogP contribution in [0, 0.1) is 0 Å². The lowest BCUT2D eigenvalue weighted by atomic mass is 9.99.